The number of hydrogen-bond acceptors (Lipinski definition) is 3. The third kappa shape index (κ3) is 1.14. The van der Waals surface area contributed by atoms with Gasteiger partial charge in [-0.25, -0.2) is 0 Å². The van der Waals surface area contributed by atoms with Crippen molar-refractivity contribution in [3.05, 3.63) is 33.9 Å². The largest absolute Gasteiger partial charge is 0.483 e. The van der Waals surface area contributed by atoms with Crippen LogP contribution in [0.1, 0.15) is 25.3 Å². The van der Waals surface area contributed by atoms with Crippen LogP contribution in [0, 0.1) is 10.1 Å². The van der Waals surface area contributed by atoms with E-state index < -0.39 is 4.92 Å². The number of ether oxygens (including phenoxy) is 1. The average molecular weight is 193 g/mol. The number of benzene rings is 1. The van der Waals surface area contributed by atoms with Gasteiger partial charge >= 0.3 is 5.69 Å². The number of rotatable bonds is 1. The zero-order valence-corrected chi connectivity index (χ0v) is 8.06. The SMILES string of the molecule is CC1Oc2c(cccc2[N+](=O)[O-])C1C. The highest BCUT2D eigenvalue weighted by Gasteiger charge is 2.33. The molecule has 2 unspecified atom stereocenters. The molecule has 0 saturated heterocycles. The maximum Gasteiger partial charge on any atom is 0.311 e. The summed E-state index contributed by atoms with van der Waals surface area (Å²) in [5.74, 6) is 0.669. The van der Waals surface area contributed by atoms with Gasteiger partial charge in [0.1, 0.15) is 6.10 Å². The summed E-state index contributed by atoms with van der Waals surface area (Å²) in [6.07, 6.45) is 0.0195. The second-order valence-electron chi connectivity index (χ2n) is 3.56. The number of hydrogen-bond donors (Lipinski definition) is 0. The van der Waals surface area contributed by atoms with Gasteiger partial charge in [0.25, 0.3) is 0 Å². The highest BCUT2D eigenvalue weighted by atomic mass is 16.6. The van der Waals surface area contributed by atoms with E-state index in [9.17, 15) is 10.1 Å². The number of nitro groups is 1. The molecule has 0 aromatic heterocycles. The zero-order valence-electron chi connectivity index (χ0n) is 8.06. The molecule has 74 valence electrons. The lowest BCUT2D eigenvalue weighted by atomic mass is 9.98. The Bertz CT molecular complexity index is 389. The minimum atomic E-state index is -0.399. The highest BCUT2D eigenvalue weighted by molar-refractivity contribution is 5.55. The molecule has 1 aromatic rings. The molecule has 4 nitrogen and oxygen atoms in total. The summed E-state index contributed by atoms with van der Waals surface area (Å²) in [6, 6.07) is 5.06. The summed E-state index contributed by atoms with van der Waals surface area (Å²) in [5, 5.41) is 10.7. The molecule has 2 atom stereocenters. The quantitative estimate of drug-likeness (QED) is 0.508. The molecule has 2 rings (SSSR count). The van der Waals surface area contributed by atoms with Crippen molar-refractivity contribution in [1.82, 2.24) is 0 Å². The van der Waals surface area contributed by atoms with Crippen molar-refractivity contribution in [2.45, 2.75) is 25.9 Å². The van der Waals surface area contributed by atoms with Gasteiger partial charge in [-0.15, -0.1) is 0 Å². The van der Waals surface area contributed by atoms with E-state index in [1.165, 1.54) is 6.07 Å². The molecular formula is C10H11NO3. The second kappa shape index (κ2) is 2.97. The van der Waals surface area contributed by atoms with Gasteiger partial charge in [-0.3, -0.25) is 10.1 Å². The van der Waals surface area contributed by atoms with Crippen LogP contribution in [-0.2, 0) is 0 Å². The zero-order chi connectivity index (χ0) is 10.3. The number of nitro benzene ring substituents is 1. The topological polar surface area (TPSA) is 52.4 Å². The summed E-state index contributed by atoms with van der Waals surface area (Å²) >= 11 is 0. The molecule has 0 aliphatic carbocycles. The average Bonchev–Trinajstić information content (AvgIpc) is 2.43. The first kappa shape index (κ1) is 8.99. The predicted molar refractivity (Wildman–Crippen MR) is 51.6 cm³/mol. The Balaban J connectivity index is 2.56. The summed E-state index contributed by atoms with van der Waals surface area (Å²) in [4.78, 5) is 10.3. The van der Waals surface area contributed by atoms with E-state index >= 15 is 0 Å². The fraction of sp³-hybridized carbons (Fsp3) is 0.400. The van der Waals surface area contributed by atoms with Gasteiger partial charge in [-0.1, -0.05) is 19.1 Å². The van der Waals surface area contributed by atoms with Crippen molar-refractivity contribution in [2.75, 3.05) is 0 Å². The van der Waals surface area contributed by atoms with Gasteiger partial charge in [0.15, 0.2) is 0 Å². The van der Waals surface area contributed by atoms with E-state index in [0.29, 0.717) is 5.75 Å². The molecule has 1 aromatic carbocycles. The fourth-order valence-electron chi connectivity index (χ4n) is 1.71. The van der Waals surface area contributed by atoms with Gasteiger partial charge in [0.2, 0.25) is 5.75 Å². The van der Waals surface area contributed by atoms with Crippen LogP contribution in [0.5, 0.6) is 5.75 Å². The predicted octanol–water partition coefficient (Wildman–Crippen LogP) is 2.48. The fourth-order valence-corrected chi connectivity index (χ4v) is 1.71. The van der Waals surface area contributed by atoms with Gasteiger partial charge in [0, 0.05) is 17.5 Å². The number of para-hydroxylation sites is 1. The van der Waals surface area contributed by atoms with E-state index in [4.69, 9.17) is 4.74 Å². The van der Waals surface area contributed by atoms with E-state index in [2.05, 4.69) is 0 Å². The normalized spacial score (nSPS) is 24.1. The standard InChI is InChI=1S/C10H11NO3/c1-6-7(2)14-10-8(6)4-3-5-9(10)11(12)13/h3-7H,1-2H3. The lowest BCUT2D eigenvalue weighted by Gasteiger charge is -2.06. The summed E-state index contributed by atoms with van der Waals surface area (Å²) in [7, 11) is 0. The molecule has 4 heteroatoms. The van der Waals surface area contributed by atoms with Crippen LogP contribution >= 0.6 is 0 Å². The molecule has 1 aliphatic rings. The van der Waals surface area contributed by atoms with Crippen LogP contribution in [-0.4, -0.2) is 11.0 Å². The third-order valence-electron chi connectivity index (χ3n) is 2.72. The van der Waals surface area contributed by atoms with E-state index in [-0.39, 0.29) is 17.7 Å². The minimum absolute atomic E-state index is 0.0195. The smallest absolute Gasteiger partial charge is 0.311 e. The van der Waals surface area contributed by atoms with Crippen LogP contribution in [0.2, 0.25) is 0 Å². The molecule has 0 bridgehead atoms. The third-order valence-corrected chi connectivity index (χ3v) is 2.72. The number of fused-ring (bicyclic) bond motifs is 1. The first-order valence-electron chi connectivity index (χ1n) is 4.55. The van der Waals surface area contributed by atoms with Gasteiger partial charge in [-0.05, 0) is 6.92 Å². The van der Waals surface area contributed by atoms with Crippen molar-refractivity contribution in [2.24, 2.45) is 0 Å². The Hall–Kier alpha value is -1.58. The Labute approximate surface area is 81.7 Å². The molecule has 0 fully saturated rings. The van der Waals surface area contributed by atoms with Crippen LogP contribution in [0.15, 0.2) is 18.2 Å². The molecular weight excluding hydrogens is 182 g/mol. The van der Waals surface area contributed by atoms with Gasteiger partial charge in [0.05, 0.1) is 4.92 Å². The second-order valence-corrected chi connectivity index (χ2v) is 3.56. The molecule has 0 radical (unpaired) electrons. The summed E-state index contributed by atoms with van der Waals surface area (Å²) in [5.41, 5.74) is 1.01. The Morgan fingerprint density at radius 1 is 1.43 bits per heavy atom. The van der Waals surface area contributed by atoms with Crippen molar-refractivity contribution in [3.8, 4) is 5.75 Å². The Morgan fingerprint density at radius 2 is 2.14 bits per heavy atom. The lowest BCUT2D eigenvalue weighted by molar-refractivity contribution is -0.385. The molecule has 0 saturated carbocycles. The molecule has 1 heterocycles. The van der Waals surface area contributed by atoms with Crippen LogP contribution in [0.4, 0.5) is 5.69 Å². The number of nitrogens with zero attached hydrogens (tertiary/aromatic N) is 1. The Kier molecular flexibility index (Phi) is 1.91. The minimum Gasteiger partial charge on any atom is -0.483 e. The van der Waals surface area contributed by atoms with Crippen LogP contribution < -0.4 is 4.74 Å². The molecule has 0 spiro atoms. The van der Waals surface area contributed by atoms with Crippen molar-refractivity contribution < 1.29 is 9.66 Å². The Morgan fingerprint density at radius 3 is 2.79 bits per heavy atom. The maximum absolute atomic E-state index is 10.7. The maximum atomic E-state index is 10.7. The van der Waals surface area contributed by atoms with E-state index in [0.717, 1.165) is 5.56 Å². The summed E-state index contributed by atoms with van der Waals surface area (Å²) in [6.45, 7) is 3.94. The van der Waals surface area contributed by atoms with Gasteiger partial charge < -0.3 is 4.74 Å². The molecule has 14 heavy (non-hydrogen) atoms. The molecule has 0 amide bonds. The van der Waals surface area contributed by atoms with Crippen molar-refractivity contribution >= 4 is 5.69 Å². The van der Waals surface area contributed by atoms with Crippen LogP contribution in [0.25, 0.3) is 0 Å². The first-order chi connectivity index (χ1) is 6.61. The highest BCUT2D eigenvalue weighted by Crippen LogP contribution is 2.43. The lowest BCUT2D eigenvalue weighted by Crippen LogP contribution is -2.10. The summed E-state index contributed by atoms with van der Waals surface area (Å²) < 4.78 is 5.47. The van der Waals surface area contributed by atoms with Crippen LogP contribution in [0.3, 0.4) is 0 Å². The van der Waals surface area contributed by atoms with E-state index in [1.54, 1.807) is 6.07 Å². The van der Waals surface area contributed by atoms with Crippen molar-refractivity contribution in [1.29, 1.82) is 0 Å². The first-order valence-corrected chi connectivity index (χ1v) is 4.55. The van der Waals surface area contributed by atoms with Crippen molar-refractivity contribution in [3.63, 3.8) is 0 Å². The van der Waals surface area contributed by atoms with Gasteiger partial charge in [-0.2, -0.15) is 0 Å². The monoisotopic (exact) mass is 193 g/mol. The van der Waals surface area contributed by atoms with E-state index in [1.807, 2.05) is 19.9 Å². The molecule has 1 aliphatic heterocycles. The molecule has 0 N–H and O–H groups in total.